The van der Waals surface area contributed by atoms with E-state index in [0.717, 1.165) is 5.56 Å². The molecule has 0 unspecified atom stereocenters. The minimum absolute atomic E-state index is 0.0736. The first kappa shape index (κ1) is 17.9. The van der Waals surface area contributed by atoms with Crippen LogP contribution in [0, 0.1) is 11.8 Å². The Kier molecular flexibility index (Phi) is 6.80. The maximum absolute atomic E-state index is 10.4. The molecule has 0 spiro atoms. The summed E-state index contributed by atoms with van der Waals surface area (Å²) in [5.41, 5.74) is 2.32. The number of hydrogen-bond acceptors (Lipinski definition) is 3. The van der Waals surface area contributed by atoms with Crippen LogP contribution in [0.5, 0.6) is 0 Å². The Morgan fingerprint density at radius 1 is 0.800 bits per heavy atom. The molecule has 3 heteroatoms. The molecule has 0 aliphatic heterocycles. The summed E-state index contributed by atoms with van der Waals surface area (Å²) < 4.78 is 11.8. The zero-order valence-corrected chi connectivity index (χ0v) is 14.5. The summed E-state index contributed by atoms with van der Waals surface area (Å²) in [5, 5.41) is 10.4. The van der Waals surface area contributed by atoms with Crippen LogP contribution in [-0.2, 0) is 22.7 Å². The predicted octanol–water partition coefficient (Wildman–Crippen LogP) is 3.97. The van der Waals surface area contributed by atoms with E-state index in [4.69, 9.17) is 9.47 Å². The maximum atomic E-state index is 10.4. The second kappa shape index (κ2) is 9.52. The zero-order valence-electron chi connectivity index (χ0n) is 14.5. The topological polar surface area (TPSA) is 38.7 Å². The highest BCUT2D eigenvalue weighted by molar-refractivity contribution is 5.14. The highest BCUT2D eigenvalue weighted by atomic mass is 16.5. The SMILES string of the molecule is O[C@@H]1CC=C[C@H](COCc2ccccc2)[C@@H]1COCc1ccccc1. The van der Waals surface area contributed by atoms with Gasteiger partial charge in [-0.2, -0.15) is 0 Å². The molecule has 1 aliphatic carbocycles. The van der Waals surface area contributed by atoms with Gasteiger partial charge in [-0.05, 0) is 17.5 Å². The van der Waals surface area contributed by atoms with Gasteiger partial charge in [0.2, 0.25) is 0 Å². The van der Waals surface area contributed by atoms with Crippen LogP contribution >= 0.6 is 0 Å². The Morgan fingerprint density at radius 3 is 1.96 bits per heavy atom. The van der Waals surface area contributed by atoms with Gasteiger partial charge in [-0.3, -0.25) is 0 Å². The van der Waals surface area contributed by atoms with Crippen LogP contribution in [0.4, 0.5) is 0 Å². The van der Waals surface area contributed by atoms with Crippen molar-refractivity contribution >= 4 is 0 Å². The van der Waals surface area contributed by atoms with Gasteiger partial charge in [-0.15, -0.1) is 0 Å². The van der Waals surface area contributed by atoms with Gasteiger partial charge in [0, 0.05) is 11.8 Å². The molecule has 1 N–H and O–H groups in total. The smallest absolute Gasteiger partial charge is 0.0717 e. The van der Waals surface area contributed by atoms with Crippen molar-refractivity contribution in [2.75, 3.05) is 13.2 Å². The number of benzene rings is 2. The van der Waals surface area contributed by atoms with Crippen LogP contribution in [0.25, 0.3) is 0 Å². The number of ether oxygens (including phenoxy) is 2. The van der Waals surface area contributed by atoms with E-state index in [1.54, 1.807) is 0 Å². The standard InChI is InChI=1S/C22H26O3/c23-22-13-7-12-20(16-24-14-18-8-3-1-4-9-18)21(22)17-25-15-19-10-5-2-6-11-19/h1-12,20-23H,13-17H2/t20-,21+,22-/m1/s1. The molecule has 3 atom stereocenters. The average molecular weight is 338 g/mol. The molecule has 2 aromatic carbocycles. The first-order valence-electron chi connectivity index (χ1n) is 8.91. The molecule has 25 heavy (non-hydrogen) atoms. The van der Waals surface area contributed by atoms with Crippen molar-refractivity contribution in [3.8, 4) is 0 Å². The second-order valence-electron chi connectivity index (χ2n) is 6.56. The van der Waals surface area contributed by atoms with Crippen LogP contribution in [0.2, 0.25) is 0 Å². The average Bonchev–Trinajstić information content (AvgIpc) is 2.65. The zero-order chi connectivity index (χ0) is 17.3. The van der Waals surface area contributed by atoms with E-state index < -0.39 is 0 Å². The molecule has 0 heterocycles. The van der Waals surface area contributed by atoms with Gasteiger partial charge >= 0.3 is 0 Å². The van der Waals surface area contributed by atoms with E-state index >= 15 is 0 Å². The second-order valence-corrected chi connectivity index (χ2v) is 6.56. The third kappa shape index (κ3) is 5.53. The largest absolute Gasteiger partial charge is 0.392 e. The van der Waals surface area contributed by atoms with E-state index in [0.29, 0.717) is 32.8 Å². The molecular formula is C22H26O3. The minimum Gasteiger partial charge on any atom is -0.392 e. The van der Waals surface area contributed by atoms with Crippen LogP contribution in [0.1, 0.15) is 17.5 Å². The summed E-state index contributed by atoms with van der Waals surface area (Å²) in [4.78, 5) is 0. The number of rotatable bonds is 8. The molecule has 1 aliphatic rings. The quantitative estimate of drug-likeness (QED) is 0.740. The molecule has 2 aromatic rings. The van der Waals surface area contributed by atoms with Gasteiger partial charge in [0.25, 0.3) is 0 Å². The molecule has 0 aromatic heterocycles. The first-order valence-corrected chi connectivity index (χ1v) is 8.91. The fourth-order valence-corrected chi connectivity index (χ4v) is 3.18. The van der Waals surface area contributed by atoms with Crippen molar-refractivity contribution in [3.63, 3.8) is 0 Å². The van der Waals surface area contributed by atoms with Gasteiger partial charge in [0.15, 0.2) is 0 Å². The Morgan fingerprint density at radius 2 is 1.36 bits per heavy atom. The molecule has 0 fully saturated rings. The van der Waals surface area contributed by atoms with Gasteiger partial charge < -0.3 is 14.6 Å². The van der Waals surface area contributed by atoms with Crippen molar-refractivity contribution < 1.29 is 14.6 Å². The first-order chi connectivity index (χ1) is 12.3. The van der Waals surface area contributed by atoms with Gasteiger partial charge in [-0.1, -0.05) is 72.8 Å². The molecule has 0 saturated carbocycles. The van der Waals surface area contributed by atoms with Crippen molar-refractivity contribution in [3.05, 3.63) is 83.9 Å². The van der Waals surface area contributed by atoms with Crippen LogP contribution in [0.15, 0.2) is 72.8 Å². The van der Waals surface area contributed by atoms with Crippen LogP contribution in [-0.4, -0.2) is 24.4 Å². The van der Waals surface area contributed by atoms with Gasteiger partial charge in [0.1, 0.15) is 0 Å². The fourth-order valence-electron chi connectivity index (χ4n) is 3.18. The third-order valence-electron chi connectivity index (χ3n) is 4.65. The molecule has 132 valence electrons. The molecule has 0 bridgehead atoms. The van der Waals surface area contributed by atoms with Crippen molar-refractivity contribution in [2.24, 2.45) is 11.8 Å². The molecule has 3 nitrogen and oxygen atoms in total. The monoisotopic (exact) mass is 338 g/mol. The lowest BCUT2D eigenvalue weighted by Gasteiger charge is -2.31. The number of hydrogen-bond donors (Lipinski definition) is 1. The molecule has 0 radical (unpaired) electrons. The van der Waals surface area contributed by atoms with Gasteiger partial charge in [0.05, 0.1) is 32.5 Å². The Bertz CT molecular complexity index is 639. The number of aliphatic hydroxyl groups excluding tert-OH is 1. The lowest BCUT2D eigenvalue weighted by atomic mass is 9.82. The molecule has 0 saturated heterocycles. The summed E-state index contributed by atoms with van der Waals surface area (Å²) in [6.45, 7) is 2.31. The Hall–Kier alpha value is -1.94. The summed E-state index contributed by atoms with van der Waals surface area (Å²) in [7, 11) is 0. The molecular weight excluding hydrogens is 312 g/mol. The Balaban J connectivity index is 1.48. The lowest BCUT2D eigenvalue weighted by molar-refractivity contribution is -0.0237. The summed E-state index contributed by atoms with van der Waals surface area (Å²) in [6, 6.07) is 20.3. The van der Waals surface area contributed by atoms with Gasteiger partial charge in [-0.25, -0.2) is 0 Å². The Labute approximate surface area is 149 Å². The lowest BCUT2D eigenvalue weighted by Crippen LogP contribution is -2.35. The van der Waals surface area contributed by atoms with Crippen molar-refractivity contribution in [1.82, 2.24) is 0 Å². The van der Waals surface area contributed by atoms with Crippen molar-refractivity contribution in [1.29, 1.82) is 0 Å². The van der Waals surface area contributed by atoms with E-state index in [1.165, 1.54) is 5.56 Å². The van der Waals surface area contributed by atoms with E-state index in [2.05, 4.69) is 36.4 Å². The summed E-state index contributed by atoms with van der Waals surface area (Å²) in [5.74, 6) is 0.257. The minimum atomic E-state index is -0.369. The number of aliphatic hydroxyl groups is 1. The summed E-state index contributed by atoms with van der Waals surface area (Å²) >= 11 is 0. The van der Waals surface area contributed by atoms with E-state index in [9.17, 15) is 5.11 Å². The third-order valence-corrected chi connectivity index (χ3v) is 4.65. The predicted molar refractivity (Wildman–Crippen MR) is 98.9 cm³/mol. The molecule has 0 amide bonds. The van der Waals surface area contributed by atoms with Crippen LogP contribution < -0.4 is 0 Å². The fraction of sp³-hybridized carbons (Fsp3) is 0.364. The maximum Gasteiger partial charge on any atom is 0.0717 e. The van der Waals surface area contributed by atoms with Crippen LogP contribution in [0.3, 0.4) is 0 Å². The normalized spacial score (nSPS) is 22.8. The van der Waals surface area contributed by atoms with Crippen molar-refractivity contribution in [2.45, 2.75) is 25.7 Å². The summed E-state index contributed by atoms with van der Waals surface area (Å²) in [6.07, 6.45) is 4.53. The highest BCUT2D eigenvalue weighted by Gasteiger charge is 2.29. The van der Waals surface area contributed by atoms with E-state index in [1.807, 2.05) is 36.4 Å². The highest BCUT2D eigenvalue weighted by Crippen LogP contribution is 2.26. The molecule has 3 rings (SSSR count). The van der Waals surface area contributed by atoms with E-state index in [-0.39, 0.29) is 17.9 Å².